The fraction of sp³-hybridized carbons (Fsp3) is 0.452. The molecule has 2 aromatic rings. The standard InChI is InChI=1S/C31H35N3O7/c1-2-3-12-33-23-8-5-4-7-22(23)31(30(33)38)26(27(35)21-9-10-24-25(20-21)41-19-18-40-24)28(36)29(37)34(31)13-6-11-32-14-16-39-17-15-32/h4-5,7-10,20,35H,2-3,6,11-19H2,1H3/t31-/m0/s1. The molecule has 2 aromatic carbocycles. The Balaban J connectivity index is 1.48. The Morgan fingerprint density at radius 1 is 0.902 bits per heavy atom. The fourth-order valence-corrected chi connectivity index (χ4v) is 6.32. The maximum absolute atomic E-state index is 14.6. The van der Waals surface area contributed by atoms with Crippen molar-refractivity contribution in [2.45, 2.75) is 31.7 Å². The lowest BCUT2D eigenvalue weighted by Gasteiger charge is -2.35. The molecule has 41 heavy (non-hydrogen) atoms. The number of ether oxygens (including phenoxy) is 3. The number of morpholine rings is 1. The van der Waals surface area contributed by atoms with E-state index in [-0.39, 0.29) is 17.7 Å². The van der Waals surface area contributed by atoms with E-state index in [1.807, 2.05) is 19.1 Å². The van der Waals surface area contributed by atoms with E-state index >= 15 is 0 Å². The van der Waals surface area contributed by atoms with Gasteiger partial charge in [0.15, 0.2) is 17.0 Å². The van der Waals surface area contributed by atoms with Crippen LogP contribution in [-0.4, -0.2) is 91.7 Å². The van der Waals surface area contributed by atoms with Crippen molar-refractivity contribution in [3.8, 4) is 11.5 Å². The molecule has 4 heterocycles. The Bertz CT molecular complexity index is 1400. The predicted molar refractivity (Wildman–Crippen MR) is 151 cm³/mol. The van der Waals surface area contributed by atoms with Gasteiger partial charge in [0.05, 0.1) is 24.5 Å². The number of anilines is 1. The van der Waals surface area contributed by atoms with E-state index in [2.05, 4.69) is 4.90 Å². The van der Waals surface area contributed by atoms with E-state index in [0.717, 1.165) is 25.9 Å². The van der Waals surface area contributed by atoms with Gasteiger partial charge in [0.1, 0.15) is 19.0 Å². The zero-order chi connectivity index (χ0) is 28.6. The van der Waals surface area contributed by atoms with Crippen molar-refractivity contribution in [2.75, 3.05) is 64.1 Å². The number of benzene rings is 2. The molecule has 2 saturated heterocycles. The lowest BCUT2D eigenvalue weighted by atomic mass is 9.81. The summed E-state index contributed by atoms with van der Waals surface area (Å²) in [5.74, 6) is -1.50. The molecule has 1 N–H and O–H groups in total. The number of unbranched alkanes of at least 4 members (excludes halogenated alkanes) is 1. The maximum Gasteiger partial charge on any atom is 0.296 e. The summed E-state index contributed by atoms with van der Waals surface area (Å²) in [6.07, 6.45) is 2.18. The van der Waals surface area contributed by atoms with E-state index in [9.17, 15) is 19.5 Å². The third kappa shape index (κ3) is 4.46. The second-order valence-corrected chi connectivity index (χ2v) is 10.7. The molecule has 0 saturated carbocycles. The van der Waals surface area contributed by atoms with Gasteiger partial charge in [-0.15, -0.1) is 0 Å². The predicted octanol–water partition coefficient (Wildman–Crippen LogP) is 2.90. The van der Waals surface area contributed by atoms with E-state index in [1.54, 1.807) is 35.2 Å². The maximum atomic E-state index is 14.6. The number of nitrogens with zero attached hydrogens (tertiary/aromatic N) is 3. The number of Topliss-reactive ketones (excluding diaryl/α,β-unsaturated/α-hetero) is 1. The van der Waals surface area contributed by atoms with Crippen molar-refractivity contribution >= 4 is 29.0 Å². The first-order valence-electron chi connectivity index (χ1n) is 14.4. The monoisotopic (exact) mass is 561 g/mol. The lowest BCUT2D eigenvalue weighted by Crippen LogP contribution is -2.52. The highest BCUT2D eigenvalue weighted by molar-refractivity contribution is 6.50. The summed E-state index contributed by atoms with van der Waals surface area (Å²) >= 11 is 0. The number of rotatable bonds is 8. The van der Waals surface area contributed by atoms with E-state index < -0.39 is 28.9 Å². The second kappa shape index (κ2) is 11.2. The molecule has 0 bridgehead atoms. The van der Waals surface area contributed by atoms with Crippen LogP contribution in [-0.2, 0) is 24.7 Å². The second-order valence-electron chi connectivity index (χ2n) is 10.7. The normalized spacial score (nSPS) is 23.5. The summed E-state index contributed by atoms with van der Waals surface area (Å²) in [6, 6.07) is 12.1. The van der Waals surface area contributed by atoms with Crippen LogP contribution in [0.25, 0.3) is 5.76 Å². The number of aliphatic hydroxyl groups is 1. The van der Waals surface area contributed by atoms with Gasteiger partial charge in [-0.3, -0.25) is 19.3 Å². The fourth-order valence-electron chi connectivity index (χ4n) is 6.32. The van der Waals surface area contributed by atoms with Crippen LogP contribution in [0.5, 0.6) is 11.5 Å². The number of para-hydroxylation sites is 1. The SMILES string of the molecule is CCCCN1C(=O)[C@@]2(C(=C(O)c3ccc4c(c3)OCCO4)C(=O)C(=O)N2CCCN2CCOCC2)c2ccccc21. The molecule has 4 aliphatic heterocycles. The third-order valence-corrected chi connectivity index (χ3v) is 8.32. The molecule has 1 atom stereocenters. The van der Waals surface area contributed by atoms with Gasteiger partial charge in [0, 0.05) is 43.9 Å². The van der Waals surface area contributed by atoms with Crippen LogP contribution in [0.4, 0.5) is 5.69 Å². The van der Waals surface area contributed by atoms with Gasteiger partial charge in [-0.1, -0.05) is 31.5 Å². The lowest BCUT2D eigenvalue weighted by molar-refractivity contribution is -0.143. The number of aliphatic hydroxyl groups excluding tert-OH is 1. The molecule has 216 valence electrons. The Labute approximate surface area is 239 Å². The highest BCUT2D eigenvalue weighted by Crippen LogP contribution is 2.54. The topological polar surface area (TPSA) is 109 Å². The van der Waals surface area contributed by atoms with Crippen molar-refractivity contribution in [2.24, 2.45) is 0 Å². The largest absolute Gasteiger partial charge is 0.507 e. The molecule has 2 amide bonds. The zero-order valence-corrected chi connectivity index (χ0v) is 23.3. The van der Waals surface area contributed by atoms with Crippen LogP contribution in [0, 0.1) is 0 Å². The number of ketones is 1. The van der Waals surface area contributed by atoms with Crippen LogP contribution in [0.3, 0.4) is 0 Å². The van der Waals surface area contributed by atoms with Crippen LogP contribution in [0.15, 0.2) is 48.0 Å². The van der Waals surface area contributed by atoms with Crippen LogP contribution in [0.2, 0.25) is 0 Å². The minimum atomic E-state index is -1.76. The summed E-state index contributed by atoms with van der Waals surface area (Å²) in [7, 11) is 0. The molecule has 0 aliphatic carbocycles. The summed E-state index contributed by atoms with van der Waals surface area (Å²) in [4.78, 5) is 47.6. The van der Waals surface area contributed by atoms with Crippen LogP contribution in [0.1, 0.15) is 37.3 Å². The summed E-state index contributed by atoms with van der Waals surface area (Å²) in [5.41, 5.74) is -0.509. The highest BCUT2D eigenvalue weighted by Gasteiger charge is 2.66. The van der Waals surface area contributed by atoms with Crippen molar-refractivity contribution in [1.29, 1.82) is 0 Å². The Kier molecular flexibility index (Phi) is 7.44. The number of fused-ring (bicyclic) bond motifs is 3. The molecule has 10 heteroatoms. The quantitative estimate of drug-likeness (QED) is 0.298. The average molecular weight is 562 g/mol. The third-order valence-electron chi connectivity index (χ3n) is 8.32. The molecule has 0 radical (unpaired) electrons. The number of hydrogen-bond donors (Lipinski definition) is 1. The van der Waals surface area contributed by atoms with Crippen LogP contribution >= 0.6 is 0 Å². The molecular formula is C31H35N3O7. The smallest absolute Gasteiger partial charge is 0.296 e. The number of hydrogen-bond acceptors (Lipinski definition) is 8. The molecule has 6 rings (SSSR count). The van der Waals surface area contributed by atoms with Crippen molar-refractivity contribution in [3.05, 3.63) is 59.2 Å². The van der Waals surface area contributed by atoms with Crippen molar-refractivity contribution in [3.63, 3.8) is 0 Å². The first-order valence-corrected chi connectivity index (χ1v) is 14.4. The van der Waals surface area contributed by atoms with Gasteiger partial charge in [-0.25, -0.2) is 0 Å². The van der Waals surface area contributed by atoms with Crippen LogP contribution < -0.4 is 14.4 Å². The van der Waals surface area contributed by atoms with Gasteiger partial charge in [0.2, 0.25) is 0 Å². The summed E-state index contributed by atoms with van der Waals surface area (Å²) in [6.45, 7) is 7.01. The van der Waals surface area contributed by atoms with Crippen molar-refractivity contribution < 1.29 is 33.7 Å². The molecule has 10 nitrogen and oxygen atoms in total. The molecule has 0 unspecified atom stereocenters. The average Bonchev–Trinajstić information content (AvgIpc) is 3.38. The van der Waals surface area contributed by atoms with Gasteiger partial charge in [-0.2, -0.15) is 0 Å². The Morgan fingerprint density at radius 3 is 2.44 bits per heavy atom. The Hall–Kier alpha value is -3.89. The molecule has 1 spiro atoms. The first-order chi connectivity index (χ1) is 20.0. The zero-order valence-electron chi connectivity index (χ0n) is 23.3. The van der Waals surface area contributed by atoms with Crippen molar-refractivity contribution in [1.82, 2.24) is 9.80 Å². The Morgan fingerprint density at radius 2 is 1.66 bits per heavy atom. The summed E-state index contributed by atoms with van der Waals surface area (Å²) < 4.78 is 16.8. The molecular weight excluding hydrogens is 526 g/mol. The van der Waals surface area contributed by atoms with Gasteiger partial charge in [0.25, 0.3) is 17.6 Å². The number of carbonyl (C=O) groups is 3. The van der Waals surface area contributed by atoms with Gasteiger partial charge in [-0.05, 0) is 37.1 Å². The number of amides is 2. The van der Waals surface area contributed by atoms with E-state index in [0.29, 0.717) is 68.7 Å². The first kappa shape index (κ1) is 27.3. The number of likely N-dealkylation sites (tertiary alicyclic amines) is 1. The number of carbonyl (C=O) groups excluding carboxylic acids is 3. The minimum absolute atomic E-state index is 0.182. The minimum Gasteiger partial charge on any atom is -0.507 e. The van der Waals surface area contributed by atoms with E-state index in [4.69, 9.17) is 14.2 Å². The molecule has 2 fully saturated rings. The summed E-state index contributed by atoms with van der Waals surface area (Å²) in [5, 5.41) is 11.8. The van der Waals surface area contributed by atoms with Gasteiger partial charge < -0.3 is 29.1 Å². The molecule has 4 aliphatic rings. The molecule has 0 aromatic heterocycles. The van der Waals surface area contributed by atoms with E-state index in [1.165, 1.54) is 4.90 Å². The highest BCUT2D eigenvalue weighted by atomic mass is 16.6. The van der Waals surface area contributed by atoms with Gasteiger partial charge >= 0.3 is 0 Å².